The van der Waals surface area contributed by atoms with Gasteiger partial charge in [-0.15, -0.1) is 6.58 Å². The minimum Gasteiger partial charge on any atom is -0.463 e. The summed E-state index contributed by atoms with van der Waals surface area (Å²) >= 11 is 0. The van der Waals surface area contributed by atoms with Crippen LogP contribution in [0.4, 0.5) is 0 Å². The standard InChI is InChI=1S/C20H26O6/c1-4-8-17-12-24-18(13-23-14(2)21)20(19(17)26-15(3)22)25-11-16-9-6-5-7-10-16/h4-7,9-10,17-20H,1,8,11-13H2,2-3H3/t17-,18+,19+,20+/m0/s1. The van der Waals surface area contributed by atoms with Crippen molar-refractivity contribution in [1.29, 1.82) is 0 Å². The molecule has 1 aliphatic rings. The first kappa shape index (κ1) is 20.1. The molecule has 1 aromatic carbocycles. The van der Waals surface area contributed by atoms with Gasteiger partial charge in [0.25, 0.3) is 0 Å². The number of hydrogen-bond acceptors (Lipinski definition) is 6. The Bertz CT molecular complexity index is 600. The maximum Gasteiger partial charge on any atom is 0.303 e. The molecule has 1 aromatic rings. The molecule has 1 fully saturated rings. The fourth-order valence-corrected chi connectivity index (χ4v) is 3.00. The Morgan fingerprint density at radius 3 is 2.54 bits per heavy atom. The monoisotopic (exact) mass is 362 g/mol. The molecule has 0 N–H and O–H groups in total. The second-order valence-corrected chi connectivity index (χ2v) is 6.29. The quantitative estimate of drug-likeness (QED) is 0.523. The summed E-state index contributed by atoms with van der Waals surface area (Å²) in [6.45, 7) is 7.23. The molecule has 1 heterocycles. The molecular weight excluding hydrogens is 336 g/mol. The second kappa shape index (κ2) is 10.1. The van der Waals surface area contributed by atoms with Crippen molar-refractivity contribution in [1.82, 2.24) is 0 Å². The molecule has 0 aromatic heterocycles. The van der Waals surface area contributed by atoms with Gasteiger partial charge in [0.1, 0.15) is 24.9 Å². The Labute approximate surface area is 154 Å². The average molecular weight is 362 g/mol. The van der Waals surface area contributed by atoms with E-state index >= 15 is 0 Å². The van der Waals surface area contributed by atoms with Gasteiger partial charge in [-0.25, -0.2) is 0 Å². The van der Waals surface area contributed by atoms with Crippen molar-refractivity contribution in [3.63, 3.8) is 0 Å². The fourth-order valence-electron chi connectivity index (χ4n) is 3.00. The van der Waals surface area contributed by atoms with Crippen LogP contribution in [0.15, 0.2) is 43.0 Å². The maximum absolute atomic E-state index is 11.6. The lowest BCUT2D eigenvalue weighted by Gasteiger charge is -2.41. The van der Waals surface area contributed by atoms with Gasteiger partial charge in [0.15, 0.2) is 0 Å². The van der Waals surface area contributed by atoms with Gasteiger partial charge in [-0.1, -0.05) is 36.4 Å². The van der Waals surface area contributed by atoms with E-state index in [4.69, 9.17) is 18.9 Å². The van der Waals surface area contributed by atoms with Crippen molar-refractivity contribution >= 4 is 11.9 Å². The molecule has 2 rings (SSSR count). The zero-order valence-corrected chi connectivity index (χ0v) is 15.3. The number of esters is 2. The first-order valence-corrected chi connectivity index (χ1v) is 8.70. The SMILES string of the molecule is C=CC[C@H]1CO[C@H](COC(C)=O)[C@@H](OCc2ccccc2)[C@@H]1OC(C)=O. The van der Waals surface area contributed by atoms with Crippen LogP contribution in [0, 0.1) is 5.92 Å². The van der Waals surface area contributed by atoms with Gasteiger partial charge < -0.3 is 18.9 Å². The van der Waals surface area contributed by atoms with E-state index in [1.54, 1.807) is 6.08 Å². The first-order chi connectivity index (χ1) is 12.5. The normalized spacial score (nSPS) is 25.3. The third-order valence-electron chi connectivity index (χ3n) is 4.19. The Morgan fingerprint density at radius 2 is 1.92 bits per heavy atom. The summed E-state index contributed by atoms with van der Waals surface area (Å²) in [5.74, 6) is -0.844. The van der Waals surface area contributed by atoms with Gasteiger partial charge in [-0.2, -0.15) is 0 Å². The van der Waals surface area contributed by atoms with Crippen molar-refractivity contribution in [2.75, 3.05) is 13.2 Å². The lowest BCUT2D eigenvalue weighted by atomic mass is 9.89. The Kier molecular flexibility index (Phi) is 7.81. The largest absolute Gasteiger partial charge is 0.463 e. The molecule has 0 bridgehead atoms. The summed E-state index contributed by atoms with van der Waals surface area (Å²) in [5.41, 5.74) is 0.992. The van der Waals surface area contributed by atoms with E-state index in [0.717, 1.165) is 5.56 Å². The minimum absolute atomic E-state index is 0.0490. The van der Waals surface area contributed by atoms with Crippen LogP contribution in [-0.2, 0) is 35.1 Å². The van der Waals surface area contributed by atoms with E-state index in [-0.39, 0.29) is 18.5 Å². The number of benzene rings is 1. The molecule has 0 aliphatic carbocycles. The van der Waals surface area contributed by atoms with Gasteiger partial charge in [0.05, 0.1) is 13.2 Å². The molecule has 6 heteroatoms. The van der Waals surface area contributed by atoms with Crippen LogP contribution in [-0.4, -0.2) is 43.5 Å². The van der Waals surface area contributed by atoms with Gasteiger partial charge in [-0.05, 0) is 12.0 Å². The highest BCUT2D eigenvalue weighted by Gasteiger charge is 2.43. The zero-order chi connectivity index (χ0) is 18.9. The molecule has 4 atom stereocenters. The number of rotatable bonds is 8. The average Bonchev–Trinajstić information content (AvgIpc) is 2.61. The van der Waals surface area contributed by atoms with Crippen molar-refractivity contribution in [3.05, 3.63) is 48.6 Å². The summed E-state index contributed by atoms with van der Waals surface area (Å²) in [4.78, 5) is 22.8. The molecule has 0 saturated carbocycles. The highest BCUT2D eigenvalue weighted by molar-refractivity contribution is 5.66. The number of allylic oxidation sites excluding steroid dienone is 1. The summed E-state index contributed by atoms with van der Waals surface area (Å²) in [6.07, 6.45) is 0.850. The van der Waals surface area contributed by atoms with Crippen LogP contribution in [0.25, 0.3) is 0 Å². The summed E-state index contributed by atoms with van der Waals surface area (Å²) in [6, 6.07) is 9.69. The van der Waals surface area contributed by atoms with Crippen LogP contribution in [0.1, 0.15) is 25.8 Å². The van der Waals surface area contributed by atoms with Crippen molar-refractivity contribution in [2.24, 2.45) is 5.92 Å². The van der Waals surface area contributed by atoms with Gasteiger partial charge in [-0.3, -0.25) is 9.59 Å². The Morgan fingerprint density at radius 1 is 1.19 bits per heavy atom. The van der Waals surface area contributed by atoms with Crippen LogP contribution < -0.4 is 0 Å². The Balaban J connectivity index is 2.17. The molecule has 6 nitrogen and oxygen atoms in total. The van der Waals surface area contributed by atoms with Gasteiger partial charge in [0.2, 0.25) is 0 Å². The van der Waals surface area contributed by atoms with E-state index in [1.165, 1.54) is 13.8 Å². The predicted molar refractivity (Wildman–Crippen MR) is 95.3 cm³/mol. The number of hydrogen-bond donors (Lipinski definition) is 0. The number of carbonyl (C=O) groups excluding carboxylic acids is 2. The van der Waals surface area contributed by atoms with Crippen LogP contribution in [0.2, 0.25) is 0 Å². The molecule has 0 unspecified atom stereocenters. The molecule has 1 aliphatic heterocycles. The third kappa shape index (κ3) is 5.97. The molecule has 142 valence electrons. The topological polar surface area (TPSA) is 71.1 Å². The molecule has 0 amide bonds. The van der Waals surface area contributed by atoms with E-state index in [0.29, 0.717) is 19.6 Å². The lowest BCUT2D eigenvalue weighted by Crippen LogP contribution is -2.54. The molecule has 0 radical (unpaired) electrons. The smallest absolute Gasteiger partial charge is 0.303 e. The van der Waals surface area contributed by atoms with Gasteiger partial charge in [0, 0.05) is 19.8 Å². The lowest BCUT2D eigenvalue weighted by molar-refractivity contribution is -0.215. The molecular formula is C20H26O6. The van der Waals surface area contributed by atoms with Crippen LogP contribution in [0.3, 0.4) is 0 Å². The van der Waals surface area contributed by atoms with Crippen molar-refractivity contribution in [3.8, 4) is 0 Å². The summed E-state index contributed by atoms with van der Waals surface area (Å²) in [5, 5.41) is 0. The first-order valence-electron chi connectivity index (χ1n) is 8.70. The van der Waals surface area contributed by atoms with Gasteiger partial charge >= 0.3 is 11.9 Å². The van der Waals surface area contributed by atoms with E-state index < -0.39 is 24.3 Å². The van der Waals surface area contributed by atoms with Crippen molar-refractivity contribution < 1.29 is 28.5 Å². The Hall–Kier alpha value is -2.18. The summed E-state index contributed by atoms with van der Waals surface area (Å²) < 4.78 is 22.6. The number of carbonyl (C=O) groups is 2. The zero-order valence-electron chi connectivity index (χ0n) is 15.3. The maximum atomic E-state index is 11.6. The fraction of sp³-hybridized carbons (Fsp3) is 0.500. The third-order valence-corrected chi connectivity index (χ3v) is 4.19. The van der Waals surface area contributed by atoms with Crippen LogP contribution >= 0.6 is 0 Å². The molecule has 26 heavy (non-hydrogen) atoms. The van der Waals surface area contributed by atoms with Crippen molar-refractivity contribution in [2.45, 2.75) is 45.2 Å². The number of ether oxygens (including phenoxy) is 4. The highest BCUT2D eigenvalue weighted by Crippen LogP contribution is 2.29. The van der Waals surface area contributed by atoms with Crippen LogP contribution in [0.5, 0.6) is 0 Å². The summed E-state index contributed by atoms with van der Waals surface area (Å²) in [7, 11) is 0. The van der Waals surface area contributed by atoms with E-state index in [9.17, 15) is 9.59 Å². The predicted octanol–water partition coefficient (Wildman–Crippen LogP) is 2.66. The second-order valence-electron chi connectivity index (χ2n) is 6.29. The van der Waals surface area contributed by atoms with E-state index in [1.807, 2.05) is 30.3 Å². The minimum atomic E-state index is -0.544. The van der Waals surface area contributed by atoms with E-state index in [2.05, 4.69) is 6.58 Å². The molecule has 0 spiro atoms. The highest BCUT2D eigenvalue weighted by atomic mass is 16.6. The molecule has 1 saturated heterocycles.